The van der Waals surface area contributed by atoms with Crippen LogP contribution in [0.2, 0.25) is 0 Å². The third kappa shape index (κ3) is 2.58. The van der Waals surface area contributed by atoms with Crippen LogP contribution in [0.25, 0.3) is 0 Å². The Labute approximate surface area is 135 Å². The Kier molecular flexibility index (Phi) is 3.51. The Balaban J connectivity index is 1.33. The lowest BCUT2D eigenvalue weighted by Gasteiger charge is -2.37. The highest BCUT2D eigenvalue weighted by atomic mass is 16.4. The van der Waals surface area contributed by atoms with Crippen LogP contribution in [0.3, 0.4) is 0 Å². The van der Waals surface area contributed by atoms with E-state index in [9.17, 15) is 14.7 Å². The second-order valence-corrected chi connectivity index (χ2v) is 7.14. The number of benzene rings is 1. The summed E-state index contributed by atoms with van der Waals surface area (Å²) in [4.78, 5) is 25.3. The number of aliphatic carboxylic acids is 1. The number of likely N-dealkylation sites (tertiary alicyclic amines) is 1. The molecule has 5 nitrogen and oxygen atoms in total. The number of carboxylic acid groups (broad SMARTS) is 1. The number of amides is 2. The quantitative estimate of drug-likeness (QED) is 0.896. The Hall–Kier alpha value is -2.04. The van der Waals surface area contributed by atoms with Gasteiger partial charge >= 0.3 is 12.0 Å². The van der Waals surface area contributed by atoms with Crippen LogP contribution in [0, 0.1) is 17.8 Å². The van der Waals surface area contributed by atoms with Gasteiger partial charge in [-0.15, -0.1) is 0 Å². The summed E-state index contributed by atoms with van der Waals surface area (Å²) in [5.74, 6) is 0.693. The number of urea groups is 1. The summed E-state index contributed by atoms with van der Waals surface area (Å²) in [7, 11) is 0. The fourth-order valence-electron chi connectivity index (χ4n) is 4.26. The van der Waals surface area contributed by atoms with Gasteiger partial charge in [-0.25, -0.2) is 9.59 Å². The predicted octanol–water partition coefficient (Wildman–Crippen LogP) is 2.29. The molecule has 0 radical (unpaired) electrons. The van der Waals surface area contributed by atoms with Gasteiger partial charge in [-0.05, 0) is 48.5 Å². The van der Waals surface area contributed by atoms with Crippen LogP contribution in [-0.4, -0.2) is 41.1 Å². The number of nitrogens with zero attached hydrogens (tertiary/aromatic N) is 1. The number of nitrogens with one attached hydrogen (secondary N) is 1. The Morgan fingerprint density at radius 1 is 1.22 bits per heavy atom. The van der Waals surface area contributed by atoms with Gasteiger partial charge in [0.15, 0.2) is 0 Å². The maximum atomic E-state index is 12.4. The molecular weight excluding hydrogens is 292 g/mol. The van der Waals surface area contributed by atoms with Crippen molar-refractivity contribution in [2.45, 2.75) is 31.2 Å². The molecule has 2 aliphatic carbocycles. The van der Waals surface area contributed by atoms with E-state index < -0.39 is 12.0 Å². The van der Waals surface area contributed by atoms with Crippen molar-refractivity contribution in [1.29, 1.82) is 0 Å². The number of hydrogen-bond donors (Lipinski definition) is 2. The first-order chi connectivity index (χ1) is 11.1. The van der Waals surface area contributed by atoms with Gasteiger partial charge in [0.25, 0.3) is 0 Å². The van der Waals surface area contributed by atoms with E-state index in [1.54, 1.807) is 0 Å². The molecule has 1 heterocycles. The van der Waals surface area contributed by atoms with Crippen LogP contribution in [0.5, 0.6) is 0 Å². The van der Waals surface area contributed by atoms with E-state index in [2.05, 4.69) is 29.6 Å². The molecule has 3 aliphatic rings. The van der Waals surface area contributed by atoms with Crippen LogP contribution in [-0.2, 0) is 4.79 Å². The second kappa shape index (κ2) is 5.55. The summed E-state index contributed by atoms with van der Waals surface area (Å²) < 4.78 is 0. The van der Waals surface area contributed by atoms with Crippen molar-refractivity contribution < 1.29 is 14.7 Å². The van der Waals surface area contributed by atoms with Crippen LogP contribution >= 0.6 is 0 Å². The minimum absolute atomic E-state index is 0.180. The van der Waals surface area contributed by atoms with E-state index in [1.807, 2.05) is 6.07 Å². The number of piperidine rings is 1. The first-order valence-corrected chi connectivity index (χ1v) is 8.47. The van der Waals surface area contributed by atoms with Crippen molar-refractivity contribution >= 4 is 12.0 Å². The number of fused-ring (bicyclic) bond motifs is 1. The van der Waals surface area contributed by atoms with Crippen molar-refractivity contribution in [2.75, 3.05) is 13.1 Å². The summed E-state index contributed by atoms with van der Waals surface area (Å²) in [6.45, 7) is 1.23. The Bertz CT molecular complexity index is 618. The molecule has 0 bridgehead atoms. The first kappa shape index (κ1) is 14.5. The second-order valence-electron chi connectivity index (χ2n) is 7.14. The Morgan fingerprint density at radius 2 is 2.00 bits per heavy atom. The predicted molar refractivity (Wildman–Crippen MR) is 85.0 cm³/mol. The molecule has 2 unspecified atom stereocenters. The fraction of sp³-hybridized carbons (Fsp3) is 0.556. The maximum absolute atomic E-state index is 12.4. The van der Waals surface area contributed by atoms with Crippen LogP contribution in [0.1, 0.15) is 30.7 Å². The normalized spacial score (nSPS) is 34.4. The van der Waals surface area contributed by atoms with E-state index in [0.29, 0.717) is 30.8 Å². The van der Waals surface area contributed by atoms with E-state index >= 15 is 0 Å². The molecular formula is C18H22N2O3. The first-order valence-electron chi connectivity index (χ1n) is 8.47. The molecule has 122 valence electrons. The number of carbonyl (C=O) groups is 2. The van der Waals surface area contributed by atoms with Crippen LogP contribution in [0.15, 0.2) is 30.3 Å². The molecule has 0 aromatic heterocycles. The van der Waals surface area contributed by atoms with E-state index in [-0.39, 0.29) is 11.9 Å². The molecule has 0 spiro atoms. The minimum Gasteiger partial charge on any atom is -0.480 e. The molecule has 1 aromatic rings. The molecule has 2 N–H and O–H groups in total. The van der Waals surface area contributed by atoms with Crippen molar-refractivity contribution in [3.05, 3.63) is 35.9 Å². The van der Waals surface area contributed by atoms with Gasteiger partial charge in [-0.2, -0.15) is 0 Å². The fourth-order valence-corrected chi connectivity index (χ4v) is 4.26. The lowest BCUT2D eigenvalue weighted by atomic mass is 9.70. The molecule has 5 atom stereocenters. The van der Waals surface area contributed by atoms with Gasteiger partial charge in [0, 0.05) is 13.1 Å². The van der Waals surface area contributed by atoms with E-state index in [4.69, 9.17) is 0 Å². The van der Waals surface area contributed by atoms with Crippen molar-refractivity contribution in [3.8, 4) is 0 Å². The van der Waals surface area contributed by atoms with Gasteiger partial charge < -0.3 is 15.3 Å². The third-order valence-electron chi connectivity index (χ3n) is 5.82. The summed E-state index contributed by atoms with van der Waals surface area (Å²) in [6.07, 6.45) is 3.24. The molecule has 1 saturated heterocycles. The highest BCUT2D eigenvalue weighted by Gasteiger charge is 2.57. The largest absolute Gasteiger partial charge is 0.480 e. The molecule has 1 aromatic carbocycles. The zero-order chi connectivity index (χ0) is 16.0. The minimum atomic E-state index is -0.865. The standard InChI is InChI=1S/C18H22N2O3/c21-17(22)16-15-8-13(15)10-20(16)18(23)19-9-12-6-7-14(12)11-4-2-1-3-5-11/h1-5,12-16H,6-10H2,(H,19,23)(H,21,22)/t12?,13-,14?,15-,16+/m1/s1. The molecule has 4 rings (SSSR count). The zero-order valence-electron chi connectivity index (χ0n) is 13.0. The number of carbonyl (C=O) groups excluding carboxylic acids is 1. The molecule has 5 heteroatoms. The number of rotatable bonds is 4. The highest BCUT2D eigenvalue weighted by Crippen LogP contribution is 2.49. The molecule has 2 amide bonds. The monoisotopic (exact) mass is 314 g/mol. The van der Waals surface area contributed by atoms with Gasteiger partial charge in [-0.1, -0.05) is 30.3 Å². The third-order valence-corrected chi connectivity index (χ3v) is 5.82. The van der Waals surface area contributed by atoms with E-state index in [1.165, 1.54) is 10.5 Å². The van der Waals surface area contributed by atoms with Crippen molar-refractivity contribution in [2.24, 2.45) is 17.8 Å². The molecule has 23 heavy (non-hydrogen) atoms. The SMILES string of the molecule is O=C(O)[C@@H]1[C@@H]2C[C@@H]2CN1C(=O)NCC1CCC1c1ccccc1. The van der Waals surface area contributed by atoms with Crippen molar-refractivity contribution in [3.63, 3.8) is 0 Å². The smallest absolute Gasteiger partial charge is 0.326 e. The van der Waals surface area contributed by atoms with Gasteiger partial charge in [-0.3, -0.25) is 0 Å². The lowest BCUT2D eigenvalue weighted by Crippen LogP contribution is -2.50. The summed E-state index contributed by atoms with van der Waals surface area (Å²) >= 11 is 0. The Morgan fingerprint density at radius 3 is 2.65 bits per heavy atom. The van der Waals surface area contributed by atoms with Crippen LogP contribution < -0.4 is 5.32 Å². The lowest BCUT2D eigenvalue weighted by molar-refractivity contribution is -0.142. The summed E-state index contributed by atoms with van der Waals surface area (Å²) in [5.41, 5.74) is 1.34. The zero-order valence-corrected chi connectivity index (χ0v) is 13.0. The summed E-state index contributed by atoms with van der Waals surface area (Å²) in [6, 6.07) is 9.59. The topological polar surface area (TPSA) is 69.6 Å². The molecule has 1 aliphatic heterocycles. The average Bonchev–Trinajstić information content (AvgIpc) is 3.16. The molecule has 3 fully saturated rings. The average molecular weight is 314 g/mol. The number of hydrogen-bond acceptors (Lipinski definition) is 2. The van der Waals surface area contributed by atoms with Crippen molar-refractivity contribution in [1.82, 2.24) is 10.2 Å². The molecule has 2 saturated carbocycles. The maximum Gasteiger partial charge on any atom is 0.326 e. The van der Waals surface area contributed by atoms with Gasteiger partial charge in [0.1, 0.15) is 6.04 Å². The van der Waals surface area contributed by atoms with Gasteiger partial charge in [0.2, 0.25) is 0 Å². The highest BCUT2D eigenvalue weighted by molar-refractivity contribution is 5.84. The summed E-state index contributed by atoms with van der Waals surface area (Å²) in [5, 5.41) is 12.3. The number of carboxylic acids is 1. The van der Waals surface area contributed by atoms with E-state index in [0.717, 1.165) is 19.3 Å². The van der Waals surface area contributed by atoms with Crippen LogP contribution in [0.4, 0.5) is 4.79 Å². The van der Waals surface area contributed by atoms with Gasteiger partial charge in [0.05, 0.1) is 0 Å².